The minimum atomic E-state index is -4.48. The van der Waals surface area contributed by atoms with Gasteiger partial charge >= 0.3 is 10.1 Å². The van der Waals surface area contributed by atoms with Gasteiger partial charge in [-0.15, -0.1) is 31.8 Å². The zero-order valence-electron chi connectivity index (χ0n) is 32.4. The van der Waals surface area contributed by atoms with Gasteiger partial charge in [0.15, 0.2) is 4.21 Å². The van der Waals surface area contributed by atoms with Gasteiger partial charge in [-0.25, -0.2) is 9.97 Å². The number of thiazole rings is 2. The van der Waals surface area contributed by atoms with E-state index in [9.17, 15) is 23.2 Å². The molecule has 0 unspecified atom stereocenters. The van der Waals surface area contributed by atoms with E-state index in [0.717, 1.165) is 43.2 Å². The van der Waals surface area contributed by atoms with Gasteiger partial charge in [0.2, 0.25) is 28.1 Å². The van der Waals surface area contributed by atoms with Crippen LogP contribution in [0.4, 0.5) is 62.2 Å². The minimum Gasteiger partial charge on any atom is -0.395 e. The number of nitrogens with one attached hydrogen (secondary N) is 2. The molecule has 5 aromatic rings. The van der Waals surface area contributed by atoms with Crippen molar-refractivity contribution in [3.05, 3.63) is 53.2 Å². The molecule has 3 heterocycles. The molecular formula is C35H46N14O5S3. The van der Waals surface area contributed by atoms with Gasteiger partial charge < -0.3 is 35.5 Å². The van der Waals surface area contributed by atoms with Crippen molar-refractivity contribution >= 4 is 95.0 Å². The Balaban J connectivity index is 1.62. The van der Waals surface area contributed by atoms with Gasteiger partial charge in [0, 0.05) is 56.0 Å². The summed E-state index contributed by atoms with van der Waals surface area (Å²) in [5.41, 5.74) is 4.59. The number of rotatable bonds is 20. The van der Waals surface area contributed by atoms with Crippen molar-refractivity contribution < 1.29 is 23.2 Å². The fourth-order valence-corrected chi connectivity index (χ4v) is 7.94. The molecule has 0 saturated carbocycles. The summed E-state index contributed by atoms with van der Waals surface area (Å²) in [6.45, 7) is 14.4. The number of aromatic nitrogens is 5. The summed E-state index contributed by atoms with van der Waals surface area (Å²) in [5, 5.41) is 46.3. The van der Waals surface area contributed by atoms with Crippen LogP contribution in [-0.2, 0) is 10.1 Å². The van der Waals surface area contributed by atoms with Gasteiger partial charge in [0.25, 0.3) is 0 Å². The van der Waals surface area contributed by atoms with E-state index in [1.807, 2.05) is 56.5 Å². The highest BCUT2D eigenvalue weighted by molar-refractivity contribution is 7.88. The molecule has 5 N–H and O–H groups in total. The highest BCUT2D eigenvalue weighted by Crippen LogP contribution is 2.37. The maximum atomic E-state index is 11.8. The smallest absolute Gasteiger partial charge is 0.306 e. The maximum absolute atomic E-state index is 11.8. The predicted octanol–water partition coefficient (Wildman–Crippen LogP) is 7.45. The average Bonchev–Trinajstić information content (AvgIpc) is 3.79. The first-order valence-electron chi connectivity index (χ1n) is 18.1. The van der Waals surface area contributed by atoms with Crippen molar-refractivity contribution in [2.24, 2.45) is 20.5 Å². The van der Waals surface area contributed by atoms with Gasteiger partial charge in [-0.2, -0.15) is 23.4 Å². The SMILES string of the molecule is CCN(CC)c1ccc(N=Nc2nc(C)cs2)c(Nc2nc(Nc3cc(N(CC)CC)ccc3N=Nc3nc(C)c(S(=O)(=O)O)s3)nc(N(CCO)CCO)n2)c1. The molecule has 22 heteroatoms. The lowest BCUT2D eigenvalue weighted by Gasteiger charge is -2.24. The van der Waals surface area contributed by atoms with Crippen LogP contribution in [0.2, 0.25) is 0 Å². The number of hydrogen-bond acceptors (Lipinski definition) is 20. The lowest BCUT2D eigenvalue weighted by Crippen LogP contribution is -2.31. The number of aryl methyl sites for hydroxylation is 2. The molecule has 3 aromatic heterocycles. The van der Waals surface area contributed by atoms with Crippen LogP contribution in [0, 0.1) is 13.8 Å². The summed E-state index contributed by atoms with van der Waals surface area (Å²) in [7, 11) is -4.48. The third-order valence-corrected chi connectivity index (χ3v) is 11.8. The number of hydrogen-bond donors (Lipinski definition) is 5. The Kier molecular flexibility index (Phi) is 14.9. The zero-order valence-corrected chi connectivity index (χ0v) is 34.9. The monoisotopic (exact) mass is 838 g/mol. The van der Waals surface area contributed by atoms with Gasteiger partial charge in [0.05, 0.1) is 36.0 Å². The van der Waals surface area contributed by atoms with Crippen LogP contribution in [-0.4, -0.2) is 101 Å². The molecule has 0 fully saturated rings. The Bertz CT molecular complexity index is 2290. The first-order chi connectivity index (χ1) is 27.4. The average molecular weight is 839 g/mol. The first-order valence-corrected chi connectivity index (χ1v) is 21.3. The van der Waals surface area contributed by atoms with Gasteiger partial charge in [-0.1, -0.05) is 11.3 Å². The fraction of sp³-hybridized carbons (Fsp3) is 0.400. The van der Waals surface area contributed by atoms with Crippen molar-refractivity contribution in [1.82, 2.24) is 24.9 Å². The lowest BCUT2D eigenvalue weighted by molar-refractivity contribution is 0.280. The van der Waals surface area contributed by atoms with Crippen LogP contribution in [0.25, 0.3) is 0 Å². The molecule has 2 aromatic carbocycles. The molecule has 0 bridgehead atoms. The van der Waals surface area contributed by atoms with E-state index >= 15 is 0 Å². The molecule has 0 amide bonds. The van der Waals surface area contributed by atoms with E-state index in [2.05, 4.69) is 69.7 Å². The molecular weight excluding hydrogens is 793 g/mol. The number of anilines is 7. The van der Waals surface area contributed by atoms with E-state index in [0.29, 0.717) is 39.2 Å². The van der Waals surface area contributed by atoms with E-state index in [1.165, 1.54) is 18.3 Å². The van der Waals surface area contributed by atoms with Crippen molar-refractivity contribution in [2.45, 2.75) is 45.8 Å². The third-order valence-electron chi connectivity index (χ3n) is 8.43. The molecule has 0 radical (unpaired) electrons. The summed E-state index contributed by atoms with van der Waals surface area (Å²) in [5.74, 6) is 0.385. The van der Waals surface area contributed by atoms with Crippen LogP contribution in [0.5, 0.6) is 0 Å². The first kappa shape index (κ1) is 42.9. The summed E-state index contributed by atoms with van der Waals surface area (Å²) in [4.78, 5) is 28.6. The molecule has 0 aliphatic rings. The molecule has 19 nitrogen and oxygen atoms in total. The van der Waals surface area contributed by atoms with Crippen LogP contribution >= 0.6 is 22.7 Å². The Hall–Kier alpha value is -5.26. The highest BCUT2D eigenvalue weighted by atomic mass is 32.3. The number of aliphatic hydroxyl groups is 2. The van der Waals surface area contributed by atoms with Crippen molar-refractivity contribution in [1.29, 1.82) is 0 Å². The Morgan fingerprint density at radius 3 is 1.61 bits per heavy atom. The molecule has 304 valence electrons. The molecule has 0 aliphatic carbocycles. The van der Waals surface area contributed by atoms with Crippen LogP contribution in [0.1, 0.15) is 39.1 Å². The summed E-state index contributed by atoms with van der Waals surface area (Å²) in [6, 6.07) is 11.2. The second-order valence-corrected chi connectivity index (χ2v) is 15.7. The second kappa shape index (κ2) is 19.7. The molecule has 0 atom stereocenters. The molecule has 0 aliphatic heterocycles. The van der Waals surface area contributed by atoms with E-state index < -0.39 is 10.1 Å². The van der Waals surface area contributed by atoms with Crippen LogP contribution in [0.15, 0.2) is 66.4 Å². The van der Waals surface area contributed by atoms with E-state index in [-0.39, 0.29) is 59.2 Å². The largest absolute Gasteiger partial charge is 0.395 e. The molecule has 57 heavy (non-hydrogen) atoms. The molecule has 0 saturated heterocycles. The van der Waals surface area contributed by atoms with Crippen LogP contribution < -0.4 is 25.3 Å². The van der Waals surface area contributed by atoms with Crippen molar-refractivity contribution in [2.75, 3.05) is 77.8 Å². The second-order valence-electron chi connectivity index (χ2n) is 12.2. The quantitative estimate of drug-likeness (QED) is 0.0378. The van der Waals surface area contributed by atoms with Crippen LogP contribution in [0.3, 0.4) is 0 Å². The van der Waals surface area contributed by atoms with E-state index in [4.69, 9.17) is 9.97 Å². The fourth-order valence-electron chi connectivity index (χ4n) is 5.64. The zero-order chi connectivity index (χ0) is 41.1. The number of nitrogens with zero attached hydrogens (tertiary/aromatic N) is 12. The molecule has 5 rings (SSSR count). The molecule has 0 spiro atoms. The summed E-state index contributed by atoms with van der Waals surface area (Å²) < 4.78 is 32.9. The van der Waals surface area contributed by atoms with Gasteiger partial charge in [0.1, 0.15) is 11.4 Å². The minimum absolute atomic E-state index is 0.0290. The van der Waals surface area contributed by atoms with E-state index in [1.54, 1.807) is 11.0 Å². The number of azo groups is 2. The number of aliphatic hydroxyl groups excluding tert-OH is 2. The van der Waals surface area contributed by atoms with Crippen molar-refractivity contribution in [3.8, 4) is 0 Å². The standard InChI is InChI=1S/C35H46N14O5S3/c1-7-47(8-2)24-11-13-26(43-45-34-36-22(5)21-55-34)28(19-24)38-31-40-32(42-33(41-31)49(15-17-50)16-18-51)39-29-20-25(48(9-3)10-4)12-14-27(29)44-46-35-37-23(6)30(56-35)57(52,53)54/h11-14,19-21,50-51H,7-10,15-18H2,1-6H3,(H,52,53,54)(H2,38,39,40,41,42). The third kappa shape index (κ3) is 11.2. The lowest BCUT2D eigenvalue weighted by atomic mass is 10.2. The highest BCUT2D eigenvalue weighted by Gasteiger charge is 2.20. The van der Waals surface area contributed by atoms with Crippen molar-refractivity contribution in [3.63, 3.8) is 0 Å². The summed E-state index contributed by atoms with van der Waals surface area (Å²) >= 11 is 2.07. The number of benzene rings is 2. The Labute approximate surface area is 339 Å². The summed E-state index contributed by atoms with van der Waals surface area (Å²) in [6.07, 6.45) is 0. The predicted molar refractivity (Wildman–Crippen MR) is 225 cm³/mol. The topological polar surface area (TPSA) is 242 Å². The van der Waals surface area contributed by atoms with Gasteiger partial charge in [-0.05, 0) is 77.9 Å². The Morgan fingerprint density at radius 1 is 0.684 bits per heavy atom. The maximum Gasteiger partial charge on any atom is 0.306 e. The Morgan fingerprint density at radius 2 is 1.19 bits per heavy atom. The normalized spacial score (nSPS) is 11.8. The van der Waals surface area contributed by atoms with Gasteiger partial charge in [-0.3, -0.25) is 4.55 Å².